The number of nitrogens with one attached hydrogen (secondary N) is 1. The monoisotopic (exact) mass is 296 g/mol. The largest absolute Gasteiger partial charge is 0.480 e. The van der Waals surface area contributed by atoms with Crippen LogP contribution in [0.3, 0.4) is 0 Å². The zero-order valence-corrected chi connectivity index (χ0v) is 13.9. The van der Waals surface area contributed by atoms with Crippen molar-refractivity contribution in [3.63, 3.8) is 0 Å². The molecular formula is C17H32N2O2. The van der Waals surface area contributed by atoms with Crippen LogP contribution in [-0.4, -0.2) is 47.2 Å². The third-order valence-electron chi connectivity index (χ3n) is 5.53. The van der Waals surface area contributed by atoms with Crippen LogP contribution < -0.4 is 5.32 Å². The van der Waals surface area contributed by atoms with Gasteiger partial charge in [-0.1, -0.05) is 19.8 Å². The molecule has 0 radical (unpaired) electrons. The Labute approximate surface area is 129 Å². The van der Waals surface area contributed by atoms with E-state index in [1.807, 2.05) is 0 Å². The third kappa shape index (κ3) is 3.98. The van der Waals surface area contributed by atoms with E-state index in [1.54, 1.807) is 0 Å². The molecule has 2 saturated carbocycles. The van der Waals surface area contributed by atoms with Gasteiger partial charge in [0.25, 0.3) is 0 Å². The molecule has 122 valence electrons. The summed E-state index contributed by atoms with van der Waals surface area (Å²) < 4.78 is 0. The first-order valence-electron chi connectivity index (χ1n) is 8.71. The average Bonchev–Trinajstić information content (AvgIpc) is 3.15. The van der Waals surface area contributed by atoms with Crippen molar-refractivity contribution in [2.75, 3.05) is 13.6 Å². The fraction of sp³-hybridized carbons (Fsp3) is 0.941. The van der Waals surface area contributed by atoms with Gasteiger partial charge < -0.3 is 10.0 Å². The Bertz CT molecular complexity index is 357. The van der Waals surface area contributed by atoms with Crippen LogP contribution >= 0.6 is 0 Å². The Balaban J connectivity index is 1.92. The van der Waals surface area contributed by atoms with Crippen LogP contribution in [-0.2, 0) is 4.79 Å². The van der Waals surface area contributed by atoms with Gasteiger partial charge in [-0.05, 0) is 65.0 Å². The summed E-state index contributed by atoms with van der Waals surface area (Å²) in [6.45, 7) is 5.49. The SMILES string of the molecule is CCCC(C)N(C)CCC1CCCC1(NC1CC1)C(=O)O. The molecule has 0 aromatic rings. The predicted octanol–water partition coefficient (Wildman–Crippen LogP) is 2.87. The number of hydrogen-bond acceptors (Lipinski definition) is 3. The molecule has 3 unspecified atom stereocenters. The van der Waals surface area contributed by atoms with Gasteiger partial charge in [-0.25, -0.2) is 0 Å². The molecule has 2 rings (SSSR count). The van der Waals surface area contributed by atoms with Crippen LogP contribution in [0.15, 0.2) is 0 Å². The van der Waals surface area contributed by atoms with Crippen molar-refractivity contribution in [2.24, 2.45) is 5.92 Å². The molecule has 2 N–H and O–H groups in total. The van der Waals surface area contributed by atoms with E-state index in [-0.39, 0.29) is 5.92 Å². The maximum absolute atomic E-state index is 11.9. The minimum Gasteiger partial charge on any atom is -0.480 e. The molecule has 2 aliphatic rings. The molecule has 4 heteroatoms. The van der Waals surface area contributed by atoms with Gasteiger partial charge in [-0.3, -0.25) is 10.1 Å². The zero-order valence-electron chi connectivity index (χ0n) is 13.9. The quantitative estimate of drug-likeness (QED) is 0.687. The van der Waals surface area contributed by atoms with Gasteiger partial charge in [0.05, 0.1) is 0 Å². The molecule has 2 aliphatic carbocycles. The van der Waals surface area contributed by atoms with Crippen LogP contribution in [0, 0.1) is 5.92 Å². The fourth-order valence-corrected chi connectivity index (χ4v) is 3.81. The highest BCUT2D eigenvalue weighted by Crippen LogP contribution is 2.40. The molecule has 21 heavy (non-hydrogen) atoms. The summed E-state index contributed by atoms with van der Waals surface area (Å²) in [5.74, 6) is -0.340. The van der Waals surface area contributed by atoms with E-state index in [4.69, 9.17) is 0 Å². The number of carboxylic acid groups (broad SMARTS) is 1. The standard InChI is InChI=1S/C17H32N2O2/c1-4-6-13(2)19(3)12-10-14-7-5-11-17(14,16(20)21)18-15-8-9-15/h13-15,18H,4-12H2,1-3H3,(H,20,21). The maximum atomic E-state index is 11.9. The lowest BCUT2D eigenvalue weighted by molar-refractivity contribution is -0.147. The minimum absolute atomic E-state index is 0.284. The van der Waals surface area contributed by atoms with E-state index in [0.717, 1.165) is 45.1 Å². The lowest BCUT2D eigenvalue weighted by Gasteiger charge is -2.34. The number of hydrogen-bond donors (Lipinski definition) is 2. The molecule has 0 spiro atoms. The Morgan fingerprint density at radius 3 is 2.71 bits per heavy atom. The zero-order chi connectivity index (χ0) is 15.5. The van der Waals surface area contributed by atoms with Gasteiger partial charge in [-0.2, -0.15) is 0 Å². The Morgan fingerprint density at radius 2 is 2.14 bits per heavy atom. The normalized spacial score (nSPS) is 30.8. The van der Waals surface area contributed by atoms with Crippen molar-refractivity contribution in [1.29, 1.82) is 0 Å². The molecule has 0 aliphatic heterocycles. The molecule has 0 aromatic carbocycles. The second kappa shape index (κ2) is 7.10. The number of aliphatic carboxylic acids is 1. The smallest absolute Gasteiger partial charge is 0.324 e. The third-order valence-corrected chi connectivity index (χ3v) is 5.53. The van der Waals surface area contributed by atoms with Gasteiger partial charge >= 0.3 is 5.97 Å². The molecule has 4 nitrogen and oxygen atoms in total. The summed E-state index contributed by atoms with van der Waals surface area (Å²) in [5, 5.41) is 13.3. The molecule has 0 heterocycles. The van der Waals surface area contributed by atoms with E-state index < -0.39 is 11.5 Å². The van der Waals surface area contributed by atoms with Crippen molar-refractivity contribution in [3.05, 3.63) is 0 Å². The summed E-state index contributed by atoms with van der Waals surface area (Å²) >= 11 is 0. The van der Waals surface area contributed by atoms with Crippen LogP contribution in [0.4, 0.5) is 0 Å². The van der Waals surface area contributed by atoms with Crippen molar-refractivity contribution in [3.8, 4) is 0 Å². The summed E-state index contributed by atoms with van der Waals surface area (Å²) in [5.41, 5.74) is -0.643. The number of carbonyl (C=O) groups is 1. The highest BCUT2D eigenvalue weighted by atomic mass is 16.4. The van der Waals surface area contributed by atoms with Gasteiger partial charge in [-0.15, -0.1) is 0 Å². The predicted molar refractivity (Wildman–Crippen MR) is 85.5 cm³/mol. The van der Waals surface area contributed by atoms with Gasteiger partial charge in [0.1, 0.15) is 5.54 Å². The fourth-order valence-electron chi connectivity index (χ4n) is 3.81. The van der Waals surface area contributed by atoms with Crippen molar-refractivity contribution >= 4 is 5.97 Å². The summed E-state index contributed by atoms with van der Waals surface area (Å²) in [4.78, 5) is 14.3. The molecular weight excluding hydrogens is 264 g/mol. The lowest BCUT2D eigenvalue weighted by atomic mass is 9.84. The maximum Gasteiger partial charge on any atom is 0.324 e. The van der Waals surface area contributed by atoms with Gasteiger partial charge in [0.15, 0.2) is 0 Å². The number of nitrogens with zero attached hydrogens (tertiary/aromatic N) is 1. The van der Waals surface area contributed by atoms with Crippen molar-refractivity contribution in [2.45, 2.75) is 82.8 Å². The van der Waals surface area contributed by atoms with Crippen molar-refractivity contribution < 1.29 is 9.90 Å². The summed E-state index contributed by atoms with van der Waals surface area (Å²) in [7, 11) is 2.17. The number of rotatable bonds is 9. The lowest BCUT2D eigenvalue weighted by Crippen LogP contribution is -2.56. The number of carboxylic acids is 1. The first kappa shape index (κ1) is 16.8. The highest BCUT2D eigenvalue weighted by Gasteiger charge is 2.51. The average molecular weight is 296 g/mol. The van der Waals surface area contributed by atoms with Crippen LogP contribution in [0.1, 0.15) is 65.2 Å². The Kier molecular flexibility index (Phi) is 5.67. The van der Waals surface area contributed by atoms with E-state index in [9.17, 15) is 9.90 Å². The Morgan fingerprint density at radius 1 is 1.43 bits per heavy atom. The molecule has 0 saturated heterocycles. The van der Waals surface area contributed by atoms with Crippen LogP contribution in [0.2, 0.25) is 0 Å². The minimum atomic E-state index is -0.643. The first-order valence-corrected chi connectivity index (χ1v) is 8.71. The summed E-state index contributed by atoms with van der Waals surface area (Å²) in [6.07, 6.45) is 8.62. The molecule has 3 atom stereocenters. The van der Waals surface area contributed by atoms with Crippen molar-refractivity contribution in [1.82, 2.24) is 10.2 Å². The molecule has 2 fully saturated rings. The second-order valence-electron chi connectivity index (χ2n) is 7.19. The second-order valence-corrected chi connectivity index (χ2v) is 7.19. The Hall–Kier alpha value is -0.610. The topological polar surface area (TPSA) is 52.6 Å². The van der Waals surface area contributed by atoms with E-state index in [0.29, 0.717) is 12.1 Å². The van der Waals surface area contributed by atoms with E-state index >= 15 is 0 Å². The molecule has 0 bridgehead atoms. The van der Waals surface area contributed by atoms with Gasteiger partial charge in [0.2, 0.25) is 0 Å². The van der Waals surface area contributed by atoms with E-state index in [1.165, 1.54) is 12.8 Å². The summed E-state index contributed by atoms with van der Waals surface area (Å²) in [6, 6.07) is 1.05. The van der Waals surface area contributed by atoms with Crippen LogP contribution in [0.5, 0.6) is 0 Å². The van der Waals surface area contributed by atoms with E-state index in [2.05, 4.69) is 31.1 Å². The highest BCUT2D eigenvalue weighted by molar-refractivity contribution is 5.80. The first-order chi connectivity index (χ1) is 9.99. The molecule has 0 aromatic heterocycles. The molecule has 0 amide bonds. The van der Waals surface area contributed by atoms with Gasteiger partial charge in [0, 0.05) is 12.1 Å². The van der Waals surface area contributed by atoms with Crippen LogP contribution in [0.25, 0.3) is 0 Å².